The first-order valence-corrected chi connectivity index (χ1v) is 3.20. The molecule has 0 aromatic carbocycles. The van der Waals surface area contributed by atoms with Crippen LogP contribution < -0.4 is 0 Å². The predicted molar refractivity (Wildman–Crippen MR) is 36.0 cm³/mol. The molecule has 3 atom stereocenters. The van der Waals surface area contributed by atoms with Crippen molar-refractivity contribution in [3.63, 3.8) is 0 Å². The van der Waals surface area contributed by atoms with Crippen molar-refractivity contribution in [2.24, 2.45) is 10.4 Å². The van der Waals surface area contributed by atoms with Gasteiger partial charge in [-0.05, 0) is 0 Å². The summed E-state index contributed by atoms with van der Waals surface area (Å²) in [6, 6.07) is -1.71. The van der Waals surface area contributed by atoms with Crippen molar-refractivity contribution >= 4 is 0 Å². The highest BCUT2D eigenvalue weighted by Gasteiger charge is 2.34. The minimum Gasteiger partial charge on any atom is -0.388 e. The molecule has 1 N–H and O–H groups in total. The summed E-state index contributed by atoms with van der Waals surface area (Å²) in [5.41, 5.74) is 0. The van der Waals surface area contributed by atoms with E-state index in [0.717, 1.165) is 0 Å². The average Bonchev–Trinajstić information content (AvgIpc) is 2.05. The van der Waals surface area contributed by atoms with Crippen molar-refractivity contribution in [2.45, 2.75) is 18.2 Å². The van der Waals surface area contributed by atoms with Crippen LogP contribution in [-0.2, 0) is 4.74 Å². The van der Waals surface area contributed by atoms with Crippen molar-refractivity contribution in [3.05, 3.63) is 9.81 Å². The Hall–Kier alpha value is -0.880. The summed E-state index contributed by atoms with van der Waals surface area (Å²) < 4.78 is 4.80. The van der Waals surface area contributed by atoms with Crippen molar-refractivity contribution < 1.29 is 9.84 Å². The SMILES string of the molecule is O=N[C@H]1COC[C@@H](N=O)[C@@H]1O. The molecular weight excluding hydrogens is 152 g/mol. The number of aliphatic hydroxyl groups excluding tert-OH is 1. The lowest BCUT2D eigenvalue weighted by atomic mass is 10.0. The molecular formula is C5H8N2O4. The predicted octanol–water partition coefficient (Wildman–Crippen LogP) is -0.352. The maximum absolute atomic E-state index is 10.00. The molecule has 62 valence electrons. The van der Waals surface area contributed by atoms with E-state index in [-0.39, 0.29) is 13.2 Å². The maximum Gasteiger partial charge on any atom is 0.143 e. The lowest BCUT2D eigenvalue weighted by Crippen LogP contribution is -2.45. The molecule has 6 nitrogen and oxygen atoms in total. The minimum absolute atomic E-state index is 0.0662. The van der Waals surface area contributed by atoms with Crippen molar-refractivity contribution in [1.82, 2.24) is 0 Å². The quantitative estimate of drug-likeness (QED) is 0.559. The van der Waals surface area contributed by atoms with Gasteiger partial charge in [0.25, 0.3) is 0 Å². The van der Waals surface area contributed by atoms with Gasteiger partial charge in [0.2, 0.25) is 0 Å². The summed E-state index contributed by atoms with van der Waals surface area (Å²) in [6.45, 7) is 0.132. The average molecular weight is 160 g/mol. The van der Waals surface area contributed by atoms with Crippen LogP contribution in [0.15, 0.2) is 10.4 Å². The number of rotatable bonds is 2. The zero-order valence-electron chi connectivity index (χ0n) is 5.71. The summed E-state index contributed by atoms with van der Waals surface area (Å²) in [5, 5.41) is 14.4. The molecule has 1 aliphatic heterocycles. The molecule has 1 aliphatic rings. The van der Waals surface area contributed by atoms with Crippen LogP contribution in [0.4, 0.5) is 0 Å². The van der Waals surface area contributed by atoms with Crippen LogP contribution in [0, 0.1) is 9.81 Å². The van der Waals surface area contributed by atoms with Crippen molar-refractivity contribution in [1.29, 1.82) is 0 Å². The summed E-state index contributed by atoms with van der Waals surface area (Å²) in [5.74, 6) is 0. The van der Waals surface area contributed by atoms with E-state index in [1.807, 2.05) is 0 Å². The second-order valence-corrected chi connectivity index (χ2v) is 2.37. The van der Waals surface area contributed by atoms with Gasteiger partial charge in [0.15, 0.2) is 0 Å². The van der Waals surface area contributed by atoms with Crippen LogP contribution >= 0.6 is 0 Å². The zero-order valence-corrected chi connectivity index (χ0v) is 5.71. The van der Waals surface area contributed by atoms with Gasteiger partial charge in [0.05, 0.1) is 13.2 Å². The Morgan fingerprint density at radius 1 is 1.18 bits per heavy atom. The van der Waals surface area contributed by atoms with Gasteiger partial charge in [-0.15, -0.1) is 0 Å². The minimum atomic E-state index is -1.08. The number of hydrogen-bond acceptors (Lipinski definition) is 6. The molecule has 0 spiro atoms. The van der Waals surface area contributed by atoms with E-state index >= 15 is 0 Å². The molecule has 0 radical (unpaired) electrons. The van der Waals surface area contributed by atoms with E-state index in [9.17, 15) is 9.81 Å². The van der Waals surface area contributed by atoms with E-state index < -0.39 is 18.2 Å². The molecule has 6 heteroatoms. The van der Waals surface area contributed by atoms with Crippen LogP contribution in [0.3, 0.4) is 0 Å². The Morgan fingerprint density at radius 3 is 2.00 bits per heavy atom. The molecule has 1 fully saturated rings. The summed E-state index contributed by atoms with van der Waals surface area (Å²) in [7, 11) is 0. The standard InChI is InChI=1S/C5H8N2O4/c8-5-3(6-9)1-11-2-4(5)7-10/h3-5,8H,1-2H2/t3-,4+,5+. The molecule has 0 aromatic heterocycles. The van der Waals surface area contributed by atoms with E-state index in [0.29, 0.717) is 0 Å². The lowest BCUT2D eigenvalue weighted by Gasteiger charge is -2.25. The molecule has 0 bridgehead atoms. The second kappa shape index (κ2) is 3.49. The smallest absolute Gasteiger partial charge is 0.143 e. The van der Waals surface area contributed by atoms with Crippen LogP contribution in [0.5, 0.6) is 0 Å². The summed E-state index contributed by atoms with van der Waals surface area (Å²) in [6.07, 6.45) is -1.08. The van der Waals surface area contributed by atoms with Gasteiger partial charge < -0.3 is 9.84 Å². The third-order valence-electron chi connectivity index (χ3n) is 1.64. The first-order chi connectivity index (χ1) is 5.29. The first-order valence-electron chi connectivity index (χ1n) is 3.20. The fraction of sp³-hybridized carbons (Fsp3) is 1.00. The van der Waals surface area contributed by atoms with Gasteiger partial charge >= 0.3 is 0 Å². The molecule has 1 saturated heterocycles. The Kier molecular flexibility index (Phi) is 2.61. The summed E-state index contributed by atoms with van der Waals surface area (Å²) >= 11 is 0. The third-order valence-corrected chi connectivity index (χ3v) is 1.64. The molecule has 0 aromatic rings. The fourth-order valence-electron chi connectivity index (χ4n) is 0.949. The zero-order chi connectivity index (χ0) is 8.27. The van der Waals surface area contributed by atoms with E-state index in [1.165, 1.54) is 0 Å². The van der Waals surface area contributed by atoms with E-state index in [4.69, 9.17) is 9.84 Å². The maximum atomic E-state index is 10.00. The normalized spacial score (nSPS) is 38.1. The number of ether oxygens (including phenoxy) is 1. The number of hydrogen-bond donors (Lipinski definition) is 1. The Balaban J connectivity index is 2.58. The number of aliphatic hydroxyl groups is 1. The second-order valence-electron chi connectivity index (χ2n) is 2.37. The molecule has 0 unspecified atom stereocenters. The third kappa shape index (κ3) is 1.58. The van der Waals surface area contributed by atoms with Crippen molar-refractivity contribution in [2.75, 3.05) is 13.2 Å². The van der Waals surface area contributed by atoms with Gasteiger partial charge in [-0.25, -0.2) is 0 Å². The van der Waals surface area contributed by atoms with Gasteiger partial charge in [-0.1, -0.05) is 10.4 Å². The van der Waals surface area contributed by atoms with E-state index in [2.05, 4.69) is 10.4 Å². The number of nitroso groups, excluding NO2 is 2. The van der Waals surface area contributed by atoms with Crippen LogP contribution in [0.1, 0.15) is 0 Å². The molecule has 0 aliphatic carbocycles. The summed E-state index contributed by atoms with van der Waals surface area (Å²) in [4.78, 5) is 20.0. The fourth-order valence-corrected chi connectivity index (χ4v) is 0.949. The van der Waals surface area contributed by atoms with Crippen molar-refractivity contribution in [3.8, 4) is 0 Å². The molecule has 11 heavy (non-hydrogen) atoms. The van der Waals surface area contributed by atoms with Crippen LogP contribution in [-0.4, -0.2) is 36.5 Å². The molecule has 0 amide bonds. The Bertz CT molecular complexity index is 147. The molecule has 1 heterocycles. The molecule has 1 rings (SSSR count). The van der Waals surface area contributed by atoms with Gasteiger partial charge in [0.1, 0.15) is 18.2 Å². The Morgan fingerprint density at radius 2 is 1.64 bits per heavy atom. The lowest BCUT2D eigenvalue weighted by molar-refractivity contribution is -0.0188. The van der Waals surface area contributed by atoms with Crippen LogP contribution in [0.2, 0.25) is 0 Å². The van der Waals surface area contributed by atoms with Gasteiger partial charge in [-0.2, -0.15) is 9.81 Å². The Labute approximate surface area is 62.5 Å². The van der Waals surface area contributed by atoms with Gasteiger partial charge in [0, 0.05) is 0 Å². The van der Waals surface area contributed by atoms with Crippen LogP contribution in [0.25, 0.3) is 0 Å². The highest BCUT2D eigenvalue weighted by Crippen LogP contribution is 2.13. The van der Waals surface area contributed by atoms with E-state index in [1.54, 1.807) is 0 Å². The number of nitrogens with zero attached hydrogens (tertiary/aromatic N) is 2. The highest BCUT2D eigenvalue weighted by molar-refractivity contribution is 4.88. The first kappa shape index (κ1) is 8.22. The largest absolute Gasteiger partial charge is 0.388 e. The molecule has 0 saturated carbocycles. The monoisotopic (exact) mass is 160 g/mol. The van der Waals surface area contributed by atoms with Gasteiger partial charge in [-0.3, -0.25) is 0 Å². The topological polar surface area (TPSA) is 88.3 Å². The highest BCUT2D eigenvalue weighted by atomic mass is 16.5.